The van der Waals surface area contributed by atoms with E-state index in [0.29, 0.717) is 11.2 Å². The summed E-state index contributed by atoms with van der Waals surface area (Å²) in [5.74, 6) is -1.17. The van der Waals surface area contributed by atoms with Crippen molar-refractivity contribution < 1.29 is 27.5 Å². The van der Waals surface area contributed by atoms with Crippen LogP contribution in [0.4, 0.5) is 0 Å². The quantitative estimate of drug-likeness (QED) is 0.498. The van der Waals surface area contributed by atoms with Crippen LogP contribution in [0.15, 0.2) is 47.6 Å². The Morgan fingerprint density at radius 3 is 2.51 bits per heavy atom. The lowest BCUT2D eigenvalue weighted by Crippen LogP contribution is -2.45. The SMILES string of the molecule is CC(=O)OC1CC(C(=O)NCc2cnc3c(ccn3S(=O)(=O)c3ccc(C)cc3)n2)N(C(C)=O)C1. The zero-order valence-electron chi connectivity index (χ0n) is 19.5. The maximum Gasteiger partial charge on any atom is 0.302 e. The lowest BCUT2D eigenvalue weighted by molar-refractivity contribution is -0.146. The third kappa shape index (κ3) is 5.02. The molecule has 12 heteroatoms. The van der Waals surface area contributed by atoms with Gasteiger partial charge in [-0.05, 0) is 25.1 Å². The van der Waals surface area contributed by atoms with Crippen molar-refractivity contribution in [2.45, 2.75) is 50.8 Å². The van der Waals surface area contributed by atoms with Gasteiger partial charge in [0.1, 0.15) is 17.7 Å². The number of fused-ring (bicyclic) bond motifs is 1. The molecular formula is C23H25N5O6S. The fraction of sp³-hybridized carbons (Fsp3) is 0.348. The van der Waals surface area contributed by atoms with E-state index in [0.717, 1.165) is 9.54 Å². The number of aryl methyl sites for hydroxylation is 1. The molecule has 1 saturated heterocycles. The number of likely N-dealkylation sites (tertiary alicyclic amines) is 1. The molecule has 3 aromatic rings. The van der Waals surface area contributed by atoms with Crippen molar-refractivity contribution in [1.82, 2.24) is 24.2 Å². The van der Waals surface area contributed by atoms with Crippen LogP contribution in [0.25, 0.3) is 11.2 Å². The van der Waals surface area contributed by atoms with E-state index >= 15 is 0 Å². The van der Waals surface area contributed by atoms with Crippen molar-refractivity contribution in [2.75, 3.05) is 6.54 Å². The molecule has 11 nitrogen and oxygen atoms in total. The number of rotatable bonds is 6. The number of carbonyl (C=O) groups is 3. The Kier molecular flexibility index (Phi) is 6.57. The van der Waals surface area contributed by atoms with Gasteiger partial charge in [0.2, 0.25) is 11.8 Å². The Bertz CT molecular complexity index is 1400. The standard InChI is InChI=1S/C23H25N5O6S/c1-14-4-6-19(7-5-14)35(32,33)28-9-8-20-22(28)24-11-17(26-20)12-25-23(31)21-10-18(34-16(3)30)13-27(21)15(2)29/h4-9,11,18,21H,10,12-13H2,1-3H3,(H,25,31). The first-order valence-electron chi connectivity index (χ1n) is 10.9. The largest absolute Gasteiger partial charge is 0.461 e. The summed E-state index contributed by atoms with van der Waals surface area (Å²) in [6, 6.07) is 7.28. The van der Waals surface area contributed by atoms with Crippen molar-refractivity contribution in [3.05, 3.63) is 54.0 Å². The topological polar surface area (TPSA) is 141 Å². The van der Waals surface area contributed by atoms with Crippen LogP contribution >= 0.6 is 0 Å². The van der Waals surface area contributed by atoms with Crippen molar-refractivity contribution in [3.63, 3.8) is 0 Å². The molecule has 1 aliphatic rings. The summed E-state index contributed by atoms with van der Waals surface area (Å²) >= 11 is 0. The summed E-state index contributed by atoms with van der Waals surface area (Å²) in [6.45, 7) is 4.68. The van der Waals surface area contributed by atoms with E-state index in [4.69, 9.17) is 4.74 Å². The Balaban J connectivity index is 1.48. The number of amides is 2. The first-order chi connectivity index (χ1) is 16.6. The van der Waals surface area contributed by atoms with Gasteiger partial charge in [0.25, 0.3) is 10.0 Å². The first kappa shape index (κ1) is 24.3. The summed E-state index contributed by atoms with van der Waals surface area (Å²) in [5, 5.41) is 2.73. The molecule has 1 fully saturated rings. The van der Waals surface area contributed by atoms with Crippen molar-refractivity contribution in [2.24, 2.45) is 0 Å². The molecule has 0 radical (unpaired) electrons. The van der Waals surface area contributed by atoms with Crippen LogP contribution in [0.3, 0.4) is 0 Å². The van der Waals surface area contributed by atoms with E-state index < -0.39 is 34.0 Å². The highest BCUT2D eigenvalue weighted by molar-refractivity contribution is 7.90. The average Bonchev–Trinajstić information content (AvgIpc) is 3.42. The average molecular weight is 500 g/mol. The molecule has 0 bridgehead atoms. The number of esters is 1. The molecule has 0 saturated carbocycles. The second-order valence-corrected chi connectivity index (χ2v) is 10.2. The fourth-order valence-electron chi connectivity index (χ4n) is 4.04. The number of ether oxygens (including phenoxy) is 1. The monoisotopic (exact) mass is 499 g/mol. The Morgan fingerprint density at radius 1 is 1.14 bits per heavy atom. The van der Waals surface area contributed by atoms with Gasteiger partial charge in [0, 0.05) is 26.5 Å². The van der Waals surface area contributed by atoms with Crippen LogP contribution in [-0.4, -0.2) is 63.7 Å². The summed E-state index contributed by atoms with van der Waals surface area (Å²) in [5.41, 5.74) is 1.89. The van der Waals surface area contributed by atoms with E-state index in [9.17, 15) is 22.8 Å². The van der Waals surface area contributed by atoms with Crippen molar-refractivity contribution in [3.8, 4) is 0 Å². The van der Waals surface area contributed by atoms with Gasteiger partial charge >= 0.3 is 5.97 Å². The maximum absolute atomic E-state index is 13.0. The molecule has 184 valence electrons. The summed E-state index contributed by atoms with van der Waals surface area (Å²) in [7, 11) is -3.85. The van der Waals surface area contributed by atoms with Crippen LogP contribution in [0, 0.1) is 6.92 Å². The van der Waals surface area contributed by atoms with Crippen LogP contribution < -0.4 is 5.32 Å². The molecule has 35 heavy (non-hydrogen) atoms. The van der Waals surface area contributed by atoms with Gasteiger partial charge in [-0.3, -0.25) is 14.4 Å². The Morgan fingerprint density at radius 2 is 1.86 bits per heavy atom. The smallest absolute Gasteiger partial charge is 0.302 e. The van der Waals surface area contributed by atoms with Gasteiger partial charge in [0.05, 0.1) is 29.9 Å². The van der Waals surface area contributed by atoms with Crippen molar-refractivity contribution in [1.29, 1.82) is 0 Å². The van der Waals surface area contributed by atoms with Gasteiger partial charge in [-0.1, -0.05) is 17.7 Å². The number of nitrogens with zero attached hydrogens (tertiary/aromatic N) is 4. The van der Waals surface area contributed by atoms with E-state index in [-0.39, 0.29) is 36.0 Å². The third-order valence-electron chi connectivity index (χ3n) is 5.73. The number of aromatic nitrogens is 3. The number of nitrogens with one attached hydrogen (secondary N) is 1. The molecule has 2 unspecified atom stereocenters. The first-order valence-corrected chi connectivity index (χ1v) is 12.4. The third-order valence-corrected chi connectivity index (χ3v) is 7.41. The molecule has 2 amide bonds. The van der Waals surface area contributed by atoms with Crippen LogP contribution in [0.5, 0.6) is 0 Å². The fourth-order valence-corrected chi connectivity index (χ4v) is 5.33. The molecule has 1 aliphatic heterocycles. The van der Waals surface area contributed by atoms with Crippen molar-refractivity contribution >= 4 is 39.0 Å². The predicted molar refractivity (Wildman–Crippen MR) is 124 cm³/mol. The molecule has 0 aliphatic carbocycles. The Hall–Kier alpha value is -3.80. The van der Waals surface area contributed by atoms with E-state index in [1.54, 1.807) is 12.1 Å². The predicted octanol–water partition coefficient (Wildman–Crippen LogP) is 1.15. The van der Waals surface area contributed by atoms with Gasteiger partial charge in [-0.2, -0.15) is 0 Å². The molecule has 2 aromatic heterocycles. The number of hydrogen-bond acceptors (Lipinski definition) is 8. The van der Waals surface area contributed by atoms with E-state index in [1.165, 1.54) is 49.3 Å². The number of benzene rings is 1. The minimum absolute atomic E-state index is 0.0259. The molecule has 0 spiro atoms. The molecule has 4 rings (SSSR count). The molecular weight excluding hydrogens is 474 g/mol. The molecule has 1 aromatic carbocycles. The lowest BCUT2D eigenvalue weighted by Gasteiger charge is -2.21. The highest BCUT2D eigenvalue weighted by atomic mass is 32.2. The normalized spacial score (nSPS) is 18.0. The second kappa shape index (κ2) is 9.45. The van der Waals surface area contributed by atoms with Crippen LogP contribution in [-0.2, 0) is 35.7 Å². The molecule has 3 heterocycles. The summed E-state index contributed by atoms with van der Waals surface area (Å²) < 4.78 is 32.3. The minimum Gasteiger partial charge on any atom is -0.461 e. The van der Waals surface area contributed by atoms with Crippen LogP contribution in [0.1, 0.15) is 31.5 Å². The molecule has 1 N–H and O–H groups in total. The molecule has 2 atom stereocenters. The highest BCUT2D eigenvalue weighted by Gasteiger charge is 2.39. The summed E-state index contributed by atoms with van der Waals surface area (Å²) in [4.78, 5) is 46.1. The number of hydrogen-bond donors (Lipinski definition) is 1. The summed E-state index contributed by atoms with van der Waals surface area (Å²) in [6.07, 6.45) is 2.44. The lowest BCUT2D eigenvalue weighted by atomic mass is 10.2. The van der Waals surface area contributed by atoms with E-state index in [1.807, 2.05) is 6.92 Å². The van der Waals surface area contributed by atoms with Gasteiger partial charge < -0.3 is 15.0 Å². The second-order valence-electron chi connectivity index (χ2n) is 8.37. The van der Waals surface area contributed by atoms with Crippen LogP contribution in [0.2, 0.25) is 0 Å². The van der Waals surface area contributed by atoms with Gasteiger partial charge in [-0.15, -0.1) is 0 Å². The van der Waals surface area contributed by atoms with Gasteiger partial charge in [-0.25, -0.2) is 22.4 Å². The zero-order valence-corrected chi connectivity index (χ0v) is 20.3. The van der Waals surface area contributed by atoms with E-state index in [2.05, 4.69) is 15.3 Å². The number of carbonyl (C=O) groups excluding carboxylic acids is 3. The Labute approximate surface area is 202 Å². The maximum atomic E-state index is 13.0. The highest BCUT2D eigenvalue weighted by Crippen LogP contribution is 2.22. The van der Waals surface area contributed by atoms with Gasteiger partial charge in [0.15, 0.2) is 5.65 Å². The zero-order chi connectivity index (χ0) is 25.3. The minimum atomic E-state index is -3.85.